The Labute approximate surface area is 275 Å². The first-order chi connectivity index (χ1) is 22.9. The molecule has 0 fully saturated rings. The second kappa shape index (κ2) is 11.0. The summed E-state index contributed by atoms with van der Waals surface area (Å²) in [5.41, 5.74) is 9.89. The number of hydrogen-bond donors (Lipinski definition) is 0. The van der Waals surface area contributed by atoms with Crippen molar-refractivity contribution in [3.05, 3.63) is 150 Å². The van der Waals surface area contributed by atoms with Crippen LogP contribution in [0.5, 0.6) is 0 Å². The predicted octanol–water partition coefficient (Wildman–Crippen LogP) is 11.1. The van der Waals surface area contributed by atoms with Crippen molar-refractivity contribution in [2.75, 3.05) is 14.7 Å². The van der Waals surface area contributed by atoms with Gasteiger partial charge in [0.05, 0.1) is 34.1 Å². The Morgan fingerprint density at radius 3 is 1.47 bits per heavy atom. The molecule has 5 heteroatoms. The average molecular weight is 614 g/mol. The van der Waals surface area contributed by atoms with Gasteiger partial charge in [0.25, 0.3) is 11.8 Å². The second-order valence-electron chi connectivity index (χ2n) is 12.9. The lowest BCUT2D eigenvalue weighted by molar-refractivity contribution is 0.0893. The fourth-order valence-corrected chi connectivity index (χ4v) is 7.31. The molecule has 5 nitrogen and oxygen atoms in total. The lowest BCUT2D eigenvalue weighted by Gasteiger charge is -2.41. The van der Waals surface area contributed by atoms with E-state index in [1.165, 1.54) is 4.90 Å². The monoisotopic (exact) mass is 613 g/mol. The van der Waals surface area contributed by atoms with Crippen LogP contribution in [0.2, 0.25) is 0 Å². The molecule has 8 rings (SSSR count). The van der Waals surface area contributed by atoms with Crippen molar-refractivity contribution in [1.82, 2.24) is 0 Å². The highest BCUT2D eigenvalue weighted by Crippen LogP contribution is 2.55. The Morgan fingerprint density at radius 2 is 0.915 bits per heavy atom. The number of nitrogens with zero attached hydrogens (tertiary/aromatic N) is 3. The van der Waals surface area contributed by atoms with Gasteiger partial charge in [-0.25, -0.2) is 4.90 Å². The molecule has 0 unspecified atom stereocenters. The van der Waals surface area contributed by atoms with E-state index in [0.717, 1.165) is 56.3 Å². The molecule has 2 heterocycles. The van der Waals surface area contributed by atoms with Crippen LogP contribution >= 0.6 is 0 Å². The number of carbonyl (C=O) groups excluding carboxylic acids is 2. The Balaban J connectivity index is 1.34. The van der Waals surface area contributed by atoms with E-state index in [0.29, 0.717) is 16.5 Å². The topological polar surface area (TPSA) is 43.9 Å². The number of amides is 2. The molecule has 0 radical (unpaired) electrons. The van der Waals surface area contributed by atoms with Crippen molar-refractivity contribution < 1.29 is 9.59 Å². The van der Waals surface area contributed by atoms with E-state index in [2.05, 4.69) is 110 Å². The molecule has 0 bridgehead atoms. The van der Waals surface area contributed by atoms with Crippen LogP contribution in [0.15, 0.2) is 127 Å². The lowest BCUT2D eigenvalue weighted by atomic mass is 9.88. The zero-order chi connectivity index (χ0) is 32.4. The first-order valence-electron chi connectivity index (χ1n) is 16.3. The fraction of sp³-hybridized carbons (Fsp3) is 0.143. The van der Waals surface area contributed by atoms with Gasteiger partial charge in [0.2, 0.25) is 0 Å². The van der Waals surface area contributed by atoms with Crippen LogP contribution in [0.4, 0.5) is 39.8 Å². The van der Waals surface area contributed by atoms with Gasteiger partial charge in [0.1, 0.15) is 0 Å². The third kappa shape index (κ3) is 4.30. The standard InChI is InChI=1S/C42H35N3O2/c1-26(2)29-16-12-17-30(27(3)4)40(29)45-41(46)32-19-13-18-31-34(25-24-33(39(31)32)42(45)47)44-37-22-10-8-20-35(37)43(28-14-6-5-7-15-28)36-21-9-11-23-38(36)44/h5-27H,1-4H3. The molecule has 0 atom stereocenters. The number of carbonyl (C=O) groups is 2. The Morgan fingerprint density at radius 1 is 0.426 bits per heavy atom. The molecule has 2 aliphatic heterocycles. The van der Waals surface area contributed by atoms with Crippen LogP contribution in [-0.2, 0) is 0 Å². The summed E-state index contributed by atoms with van der Waals surface area (Å²) in [5, 5.41) is 1.56. The molecular formula is C42H35N3O2. The normalized spacial score (nSPS) is 13.9. The van der Waals surface area contributed by atoms with Crippen molar-refractivity contribution in [3.8, 4) is 0 Å². The van der Waals surface area contributed by atoms with Gasteiger partial charge in [-0.15, -0.1) is 0 Å². The molecular weight excluding hydrogens is 578 g/mol. The molecule has 47 heavy (non-hydrogen) atoms. The van der Waals surface area contributed by atoms with E-state index in [1.54, 1.807) is 0 Å². The quantitative estimate of drug-likeness (QED) is 0.181. The largest absolute Gasteiger partial charge is 0.306 e. The molecule has 0 spiro atoms. The van der Waals surface area contributed by atoms with Crippen molar-refractivity contribution in [3.63, 3.8) is 0 Å². The van der Waals surface area contributed by atoms with E-state index < -0.39 is 0 Å². The molecule has 0 saturated heterocycles. The van der Waals surface area contributed by atoms with E-state index in [1.807, 2.05) is 54.6 Å². The fourth-order valence-electron chi connectivity index (χ4n) is 7.31. The molecule has 0 N–H and O–H groups in total. The number of para-hydroxylation sites is 6. The van der Waals surface area contributed by atoms with Crippen LogP contribution in [0.25, 0.3) is 10.8 Å². The smallest absolute Gasteiger partial charge is 0.266 e. The molecule has 2 amide bonds. The van der Waals surface area contributed by atoms with Gasteiger partial charge < -0.3 is 9.80 Å². The van der Waals surface area contributed by atoms with Gasteiger partial charge in [-0.2, -0.15) is 0 Å². The minimum atomic E-state index is -0.282. The van der Waals surface area contributed by atoms with E-state index in [4.69, 9.17) is 0 Å². The van der Waals surface area contributed by atoms with Gasteiger partial charge in [-0.3, -0.25) is 9.59 Å². The number of benzene rings is 6. The zero-order valence-corrected chi connectivity index (χ0v) is 26.9. The average Bonchev–Trinajstić information content (AvgIpc) is 3.09. The predicted molar refractivity (Wildman–Crippen MR) is 193 cm³/mol. The van der Waals surface area contributed by atoms with Crippen molar-refractivity contribution in [2.45, 2.75) is 39.5 Å². The Kier molecular flexibility index (Phi) is 6.73. The maximum absolute atomic E-state index is 14.5. The highest BCUT2D eigenvalue weighted by molar-refractivity contribution is 6.37. The minimum absolute atomic E-state index is 0.138. The lowest BCUT2D eigenvalue weighted by Crippen LogP contribution is -2.42. The second-order valence-corrected chi connectivity index (χ2v) is 12.9. The first-order valence-corrected chi connectivity index (χ1v) is 16.3. The minimum Gasteiger partial charge on any atom is -0.306 e. The summed E-state index contributed by atoms with van der Waals surface area (Å²) >= 11 is 0. The Hall–Kier alpha value is -5.68. The number of hydrogen-bond acceptors (Lipinski definition) is 4. The highest BCUT2D eigenvalue weighted by atomic mass is 16.2. The molecule has 230 valence electrons. The summed E-state index contributed by atoms with van der Waals surface area (Å²) in [4.78, 5) is 35.1. The summed E-state index contributed by atoms with van der Waals surface area (Å²) in [5.74, 6) is -0.290. The Bertz CT molecular complexity index is 2120. The summed E-state index contributed by atoms with van der Waals surface area (Å²) in [6.07, 6.45) is 0. The van der Waals surface area contributed by atoms with Crippen LogP contribution in [0.1, 0.15) is 71.4 Å². The third-order valence-corrected chi connectivity index (χ3v) is 9.43. The molecule has 0 aliphatic carbocycles. The van der Waals surface area contributed by atoms with Gasteiger partial charge in [-0.1, -0.05) is 100 Å². The third-order valence-electron chi connectivity index (χ3n) is 9.43. The maximum Gasteiger partial charge on any atom is 0.266 e. The van der Waals surface area contributed by atoms with E-state index >= 15 is 0 Å². The number of rotatable bonds is 5. The molecule has 6 aromatic rings. The summed E-state index contributed by atoms with van der Waals surface area (Å²) in [6, 6.07) is 43.0. The van der Waals surface area contributed by atoms with E-state index in [-0.39, 0.29) is 23.7 Å². The van der Waals surface area contributed by atoms with Crippen LogP contribution in [0, 0.1) is 0 Å². The van der Waals surface area contributed by atoms with E-state index in [9.17, 15) is 9.59 Å². The van der Waals surface area contributed by atoms with Crippen LogP contribution in [-0.4, -0.2) is 11.8 Å². The molecule has 0 saturated carbocycles. The van der Waals surface area contributed by atoms with Crippen molar-refractivity contribution in [2.24, 2.45) is 0 Å². The summed E-state index contributed by atoms with van der Waals surface area (Å²) < 4.78 is 0. The molecule has 2 aliphatic rings. The maximum atomic E-state index is 14.5. The van der Waals surface area contributed by atoms with Gasteiger partial charge in [0.15, 0.2) is 0 Å². The van der Waals surface area contributed by atoms with Crippen molar-refractivity contribution >= 4 is 62.4 Å². The van der Waals surface area contributed by atoms with Gasteiger partial charge in [0, 0.05) is 27.6 Å². The van der Waals surface area contributed by atoms with Crippen LogP contribution < -0.4 is 14.7 Å². The van der Waals surface area contributed by atoms with Crippen molar-refractivity contribution in [1.29, 1.82) is 0 Å². The number of imide groups is 1. The van der Waals surface area contributed by atoms with Gasteiger partial charge in [-0.05, 0) is 77.6 Å². The summed E-state index contributed by atoms with van der Waals surface area (Å²) in [7, 11) is 0. The van der Waals surface area contributed by atoms with Crippen LogP contribution in [0.3, 0.4) is 0 Å². The first kappa shape index (κ1) is 28.8. The van der Waals surface area contributed by atoms with Gasteiger partial charge >= 0.3 is 0 Å². The SMILES string of the molecule is CC(C)c1cccc(C(C)C)c1N1C(=O)c2cccc3c(N4c5ccccc5N(c5ccccc5)c5ccccc54)ccc(c23)C1=O. The number of fused-ring (bicyclic) bond motifs is 2. The number of anilines is 7. The molecule has 0 aromatic heterocycles. The molecule has 6 aromatic carbocycles. The highest BCUT2D eigenvalue weighted by Gasteiger charge is 2.38. The summed E-state index contributed by atoms with van der Waals surface area (Å²) in [6.45, 7) is 8.43. The zero-order valence-electron chi connectivity index (χ0n) is 26.9.